The number of ketones is 2. The van der Waals surface area contributed by atoms with Crippen molar-refractivity contribution in [3.05, 3.63) is 183 Å². The van der Waals surface area contributed by atoms with Gasteiger partial charge in [-0.1, -0.05) is 133 Å². The second kappa shape index (κ2) is 22.5. The minimum absolute atomic E-state index is 0.0793. The molecule has 280 valence electrons. The molecule has 55 heavy (non-hydrogen) atoms. The number of aromatic nitrogens is 6. The van der Waals surface area contributed by atoms with Gasteiger partial charge in [0.1, 0.15) is 25.3 Å². The summed E-state index contributed by atoms with van der Waals surface area (Å²) < 4.78 is 5.80. The number of carbonyl (C=O) groups is 2. The summed E-state index contributed by atoms with van der Waals surface area (Å²) in [5.74, 6) is -0.00637. The molecule has 0 bridgehead atoms. The van der Waals surface area contributed by atoms with Crippen molar-refractivity contribution in [2.24, 2.45) is 0 Å². The van der Waals surface area contributed by atoms with Crippen molar-refractivity contribution in [1.82, 2.24) is 29.5 Å². The molecule has 5 aromatic carbocycles. The van der Waals surface area contributed by atoms with Crippen LogP contribution in [0.3, 0.4) is 0 Å². The van der Waals surface area contributed by atoms with Crippen LogP contribution in [0, 0.1) is 0 Å². The van der Waals surface area contributed by atoms with Gasteiger partial charge in [0.05, 0.1) is 13.1 Å². The summed E-state index contributed by atoms with van der Waals surface area (Å²) in [6, 6.07) is 38.6. The number of halogens is 3. The molecule has 0 radical (unpaired) electrons. The first kappa shape index (κ1) is 42.9. The Balaban J connectivity index is 0.000000172. The van der Waals surface area contributed by atoms with Crippen molar-refractivity contribution in [2.45, 2.75) is 32.3 Å². The number of rotatable bonds is 9. The first-order valence-corrected chi connectivity index (χ1v) is 19.6. The first-order chi connectivity index (χ1) is 26.5. The maximum Gasteiger partial charge on any atom is 0.488 e. The molecular weight excluding hydrogens is 891 g/mol. The van der Waals surface area contributed by atoms with Gasteiger partial charge in [0.2, 0.25) is 0 Å². The maximum absolute atomic E-state index is 11.5. The van der Waals surface area contributed by atoms with Gasteiger partial charge in [0, 0.05) is 25.4 Å². The van der Waals surface area contributed by atoms with E-state index in [0.29, 0.717) is 17.6 Å². The summed E-state index contributed by atoms with van der Waals surface area (Å²) in [5.41, 5.74) is 7.34. The summed E-state index contributed by atoms with van der Waals surface area (Å²) >= 11 is 10.2. The zero-order valence-corrected chi connectivity index (χ0v) is 34.8. The maximum atomic E-state index is 11.5. The largest absolute Gasteiger partial charge is 0.488 e. The minimum atomic E-state index is -1.51. The highest BCUT2D eigenvalue weighted by atomic mass is 79.9. The normalized spacial score (nSPS) is 10.1. The summed E-state index contributed by atoms with van der Waals surface area (Å²) in [5, 5.41) is 26.6. The van der Waals surface area contributed by atoms with Gasteiger partial charge in [0.15, 0.2) is 11.6 Å². The van der Waals surface area contributed by atoms with Gasteiger partial charge in [-0.05, 0) is 83.5 Å². The predicted molar refractivity (Wildman–Crippen MR) is 227 cm³/mol. The van der Waals surface area contributed by atoms with Crippen LogP contribution < -0.4 is 5.46 Å². The summed E-state index contributed by atoms with van der Waals surface area (Å²) in [4.78, 5) is 30.2. The number of alkyl halides is 1. The van der Waals surface area contributed by atoms with Crippen LogP contribution in [0.2, 0.25) is 0 Å². The van der Waals surface area contributed by atoms with E-state index < -0.39 is 7.12 Å². The molecular formula is C41H38BBr3N6O4. The third kappa shape index (κ3) is 15.1. The fourth-order valence-corrected chi connectivity index (χ4v) is 6.19. The van der Waals surface area contributed by atoms with Crippen molar-refractivity contribution in [2.75, 3.05) is 0 Å². The van der Waals surface area contributed by atoms with E-state index in [1.54, 1.807) is 47.1 Å². The van der Waals surface area contributed by atoms with Crippen LogP contribution >= 0.6 is 47.8 Å². The number of hydrogen-bond donors (Lipinski definition) is 2. The van der Waals surface area contributed by atoms with Crippen LogP contribution in [0.4, 0.5) is 0 Å². The molecule has 7 rings (SSSR count). The molecule has 0 amide bonds. The topological polar surface area (TPSA) is 136 Å². The molecule has 0 saturated carbocycles. The molecule has 2 heterocycles. The van der Waals surface area contributed by atoms with E-state index in [1.165, 1.54) is 36.8 Å². The Hall–Kier alpha value is -4.86. The highest BCUT2D eigenvalue weighted by Crippen LogP contribution is 2.22. The Morgan fingerprint density at radius 1 is 0.600 bits per heavy atom. The second-order valence-corrected chi connectivity index (χ2v) is 14.4. The molecule has 10 nitrogen and oxygen atoms in total. The molecule has 2 N–H and O–H groups in total. The number of carbonyl (C=O) groups excluding carboxylic acids is 2. The van der Waals surface area contributed by atoms with E-state index in [1.807, 2.05) is 60.7 Å². The highest BCUT2D eigenvalue weighted by Gasteiger charge is 2.11. The average Bonchev–Trinajstić information content (AvgIpc) is 3.91. The van der Waals surface area contributed by atoms with Gasteiger partial charge >= 0.3 is 7.12 Å². The number of hydrogen-bond acceptors (Lipinski definition) is 8. The zero-order chi connectivity index (χ0) is 39.6. The SMILES string of the molecule is BrCc1cccc(Br)c1.Brc1cccc(Cn2cncn2)c1.CC(=O)c1cccc(-c2cccc(Cn3cncn3)c2)c1.CC(=O)c1cccc(B(O)O)c1. The van der Waals surface area contributed by atoms with E-state index in [-0.39, 0.29) is 11.6 Å². The first-order valence-electron chi connectivity index (χ1n) is 16.9. The standard InChI is InChI=1S/C17H15N3O.C9H8BrN3.C8H9BO3.C7H6Br2/c1-13(21)15-5-3-7-17(9-15)16-6-2-4-14(8-16)10-20-12-18-11-19-20;10-9-3-1-2-8(4-9)5-13-7-11-6-12-13;1-6(10)7-3-2-4-8(5-7)9(11)12;8-5-6-2-1-3-7(9)4-6/h2-9,11-12H,10H2,1H3;1-4,6-7H,5H2;2-5,11-12H,1H3;1-4H,5H2. The van der Waals surface area contributed by atoms with E-state index in [2.05, 4.69) is 104 Å². The molecule has 0 saturated heterocycles. The number of Topliss-reactive ketones (excluding diaryl/α,β-unsaturated/α-hetero) is 2. The van der Waals surface area contributed by atoms with E-state index in [0.717, 1.165) is 43.1 Å². The molecule has 0 fully saturated rings. The Labute approximate surface area is 345 Å². The lowest BCUT2D eigenvalue weighted by atomic mass is 9.79. The van der Waals surface area contributed by atoms with Crippen molar-refractivity contribution in [1.29, 1.82) is 0 Å². The summed E-state index contributed by atoms with van der Waals surface area (Å²) in [7, 11) is -1.51. The van der Waals surface area contributed by atoms with Crippen molar-refractivity contribution in [3.63, 3.8) is 0 Å². The van der Waals surface area contributed by atoms with E-state index >= 15 is 0 Å². The molecule has 0 unspecified atom stereocenters. The lowest BCUT2D eigenvalue weighted by Gasteiger charge is -2.07. The van der Waals surface area contributed by atoms with Gasteiger partial charge in [-0.25, -0.2) is 19.3 Å². The fourth-order valence-electron chi connectivity index (χ4n) is 4.94. The van der Waals surface area contributed by atoms with Crippen molar-refractivity contribution >= 4 is 71.9 Å². The molecule has 14 heteroatoms. The zero-order valence-electron chi connectivity index (χ0n) is 30.1. The summed E-state index contributed by atoms with van der Waals surface area (Å²) in [6.45, 7) is 4.46. The van der Waals surface area contributed by atoms with Crippen molar-refractivity contribution in [3.8, 4) is 11.1 Å². The van der Waals surface area contributed by atoms with Gasteiger partial charge in [-0.15, -0.1) is 0 Å². The number of benzene rings is 5. The van der Waals surface area contributed by atoms with Crippen LogP contribution in [0.25, 0.3) is 11.1 Å². The molecule has 0 aliphatic rings. The average molecular weight is 929 g/mol. The highest BCUT2D eigenvalue weighted by molar-refractivity contribution is 9.10. The van der Waals surface area contributed by atoms with Crippen LogP contribution in [-0.2, 0) is 18.4 Å². The van der Waals surface area contributed by atoms with Crippen LogP contribution in [0.15, 0.2) is 156 Å². The molecule has 2 aromatic heterocycles. The quantitative estimate of drug-likeness (QED) is 0.0841. The lowest BCUT2D eigenvalue weighted by Crippen LogP contribution is -2.30. The Morgan fingerprint density at radius 3 is 1.53 bits per heavy atom. The lowest BCUT2D eigenvalue weighted by molar-refractivity contribution is 0.100. The third-order valence-electron chi connectivity index (χ3n) is 7.68. The van der Waals surface area contributed by atoms with Gasteiger partial charge in [-0.2, -0.15) is 10.2 Å². The molecule has 0 aliphatic heterocycles. The third-order valence-corrected chi connectivity index (χ3v) is 9.31. The monoisotopic (exact) mass is 926 g/mol. The Morgan fingerprint density at radius 2 is 1.05 bits per heavy atom. The number of nitrogens with zero attached hydrogens (tertiary/aromatic N) is 6. The van der Waals surface area contributed by atoms with Gasteiger partial charge < -0.3 is 10.0 Å². The Bertz CT molecular complexity index is 2250. The molecule has 0 atom stereocenters. The Kier molecular flexibility index (Phi) is 17.5. The van der Waals surface area contributed by atoms with E-state index in [4.69, 9.17) is 10.0 Å². The fraction of sp³-hybridized carbons (Fsp3) is 0.122. The molecule has 0 aliphatic carbocycles. The van der Waals surface area contributed by atoms with E-state index in [9.17, 15) is 9.59 Å². The predicted octanol–water partition coefficient (Wildman–Crippen LogP) is 8.20. The summed E-state index contributed by atoms with van der Waals surface area (Å²) in [6.07, 6.45) is 6.47. The van der Waals surface area contributed by atoms with Crippen LogP contribution in [0.1, 0.15) is 51.3 Å². The van der Waals surface area contributed by atoms with Crippen LogP contribution in [0.5, 0.6) is 0 Å². The van der Waals surface area contributed by atoms with Gasteiger partial charge in [-0.3, -0.25) is 9.59 Å². The molecule has 7 aromatic rings. The smallest absolute Gasteiger partial charge is 0.423 e. The molecule has 0 spiro atoms. The van der Waals surface area contributed by atoms with Gasteiger partial charge in [0.25, 0.3) is 0 Å². The van der Waals surface area contributed by atoms with Crippen LogP contribution in [-0.4, -0.2) is 58.3 Å². The second-order valence-electron chi connectivity index (χ2n) is 12.0. The van der Waals surface area contributed by atoms with Crippen molar-refractivity contribution < 1.29 is 19.6 Å². The minimum Gasteiger partial charge on any atom is -0.423 e.